The Labute approximate surface area is 100 Å². The van der Waals surface area contributed by atoms with Gasteiger partial charge in [-0.3, -0.25) is 4.79 Å². The quantitative estimate of drug-likeness (QED) is 0.704. The molecule has 16 heavy (non-hydrogen) atoms. The lowest BCUT2D eigenvalue weighted by molar-refractivity contribution is -0.151. The summed E-state index contributed by atoms with van der Waals surface area (Å²) in [4.78, 5) is 14.1. The van der Waals surface area contributed by atoms with Gasteiger partial charge >= 0.3 is 0 Å². The smallest absolute Gasteiger partial charge is 0.220 e. The summed E-state index contributed by atoms with van der Waals surface area (Å²) in [5.41, 5.74) is -0.0159. The number of nitrogens with zero attached hydrogens (tertiary/aromatic N) is 1. The molecule has 93 valence electrons. The fourth-order valence-corrected chi connectivity index (χ4v) is 3.12. The Hall–Kier alpha value is -0.530. The minimum absolute atomic E-state index is 0.00308. The molecule has 2 nitrogen and oxygen atoms in total. The van der Waals surface area contributed by atoms with Gasteiger partial charge in [0.15, 0.2) is 0 Å². The monoisotopic (exact) mass is 224 g/mol. The van der Waals surface area contributed by atoms with Gasteiger partial charge in [-0.15, -0.1) is 0 Å². The van der Waals surface area contributed by atoms with Crippen molar-refractivity contribution in [2.24, 2.45) is 5.92 Å². The number of likely N-dealkylation sites (tertiary alicyclic amines) is 1. The third-order valence-corrected chi connectivity index (χ3v) is 4.74. The van der Waals surface area contributed by atoms with E-state index in [2.05, 4.69) is 45.9 Å². The second-order valence-corrected chi connectivity index (χ2v) is 5.64. The zero-order valence-electron chi connectivity index (χ0n) is 11.6. The van der Waals surface area contributed by atoms with Crippen LogP contribution in [0.2, 0.25) is 0 Å². The SMILES string of the molecule is CCC1(C)C[CH]C(C)C(C)(CC)N1C(C)=O. The number of rotatable bonds is 2. The number of piperidine rings is 1. The van der Waals surface area contributed by atoms with Crippen molar-refractivity contribution in [1.29, 1.82) is 0 Å². The maximum Gasteiger partial charge on any atom is 0.220 e. The fourth-order valence-electron chi connectivity index (χ4n) is 3.12. The predicted octanol–water partition coefficient (Wildman–Crippen LogP) is 3.42. The summed E-state index contributed by atoms with van der Waals surface area (Å²) >= 11 is 0. The summed E-state index contributed by atoms with van der Waals surface area (Å²) in [7, 11) is 0. The van der Waals surface area contributed by atoms with Crippen LogP contribution in [0.15, 0.2) is 0 Å². The Morgan fingerprint density at radius 2 is 1.94 bits per heavy atom. The second kappa shape index (κ2) is 4.38. The minimum Gasteiger partial charge on any atom is -0.332 e. The number of hydrogen-bond donors (Lipinski definition) is 0. The molecule has 1 amide bonds. The van der Waals surface area contributed by atoms with Gasteiger partial charge in [-0.25, -0.2) is 0 Å². The van der Waals surface area contributed by atoms with Crippen LogP contribution in [-0.4, -0.2) is 21.9 Å². The van der Waals surface area contributed by atoms with Crippen LogP contribution in [0.1, 0.15) is 60.8 Å². The Bertz CT molecular complexity index is 276. The molecule has 0 aliphatic carbocycles. The molecule has 0 spiro atoms. The number of hydrogen-bond acceptors (Lipinski definition) is 1. The highest BCUT2D eigenvalue weighted by Crippen LogP contribution is 2.44. The van der Waals surface area contributed by atoms with Gasteiger partial charge in [0, 0.05) is 18.0 Å². The highest BCUT2D eigenvalue weighted by atomic mass is 16.2. The molecule has 1 saturated heterocycles. The normalized spacial score (nSPS) is 39.9. The Balaban J connectivity index is 3.17. The van der Waals surface area contributed by atoms with E-state index < -0.39 is 0 Å². The molecule has 0 aromatic carbocycles. The van der Waals surface area contributed by atoms with Crippen LogP contribution in [-0.2, 0) is 4.79 Å². The van der Waals surface area contributed by atoms with Crippen LogP contribution < -0.4 is 0 Å². The molecule has 3 atom stereocenters. The third-order valence-electron chi connectivity index (χ3n) is 4.74. The average molecular weight is 224 g/mol. The molecule has 0 aromatic heterocycles. The van der Waals surface area contributed by atoms with E-state index in [1.165, 1.54) is 0 Å². The highest BCUT2D eigenvalue weighted by Gasteiger charge is 2.49. The molecule has 1 radical (unpaired) electrons. The van der Waals surface area contributed by atoms with Gasteiger partial charge in [-0.2, -0.15) is 0 Å². The van der Waals surface area contributed by atoms with Crippen molar-refractivity contribution in [1.82, 2.24) is 4.90 Å². The second-order valence-electron chi connectivity index (χ2n) is 5.64. The molecule has 0 aromatic rings. The largest absolute Gasteiger partial charge is 0.332 e. The lowest BCUT2D eigenvalue weighted by Crippen LogP contribution is -2.65. The van der Waals surface area contributed by atoms with Crippen molar-refractivity contribution in [2.75, 3.05) is 0 Å². The molecule has 0 bridgehead atoms. The van der Waals surface area contributed by atoms with Crippen LogP contribution >= 0.6 is 0 Å². The zero-order chi connectivity index (χ0) is 12.6. The standard InChI is InChI=1S/C14H26NO/c1-7-13(5)10-9-11(3)14(6,8-2)15(13)12(4)16/h9,11H,7-8,10H2,1-6H3. The van der Waals surface area contributed by atoms with E-state index in [0.29, 0.717) is 5.92 Å². The highest BCUT2D eigenvalue weighted by molar-refractivity contribution is 5.75. The van der Waals surface area contributed by atoms with E-state index >= 15 is 0 Å². The maximum absolute atomic E-state index is 12.0. The first kappa shape index (κ1) is 13.5. The predicted molar refractivity (Wildman–Crippen MR) is 68.0 cm³/mol. The molecule has 2 heteroatoms. The van der Waals surface area contributed by atoms with Gasteiger partial charge < -0.3 is 4.90 Å². The number of carbonyl (C=O) groups excluding carboxylic acids is 1. The first-order valence-electron chi connectivity index (χ1n) is 6.46. The molecule has 1 aliphatic rings. The fraction of sp³-hybridized carbons (Fsp3) is 0.857. The van der Waals surface area contributed by atoms with Gasteiger partial charge in [0.25, 0.3) is 0 Å². The summed E-state index contributed by atoms with van der Waals surface area (Å²) in [6.45, 7) is 12.7. The van der Waals surface area contributed by atoms with Gasteiger partial charge in [-0.1, -0.05) is 20.8 Å². The number of amides is 1. The summed E-state index contributed by atoms with van der Waals surface area (Å²) in [5, 5.41) is 0. The molecule has 1 heterocycles. The van der Waals surface area contributed by atoms with Crippen molar-refractivity contribution < 1.29 is 4.79 Å². The van der Waals surface area contributed by atoms with Crippen molar-refractivity contribution >= 4 is 5.91 Å². The van der Waals surface area contributed by atoms with Crippen LogP contribution in [0.5, 0.6) is 0 Å². The average Bonchev–Trinajstić information content (AvgIpc) is 2.23. The van der Waals surface area contributed by atoms with E-state index in [1.807, 2.05) is 0 Å². The first-order valence-corrected chi connectivity index (χ1v) is 6.46. The van der Waals surface area contributed by atoms with Gasteiger partial charge in [-0.05, 0) is 45.4 Å². The van der Waals surface area contributed by atoms with Crippen LogP contribution in [0.4, 0.5) is 0 Å². The van der Waals surface area contributed by atoms with E-state index in [1.54, 1.807) is 6.92 Å². The van der Waals surface area contributed by atoms with E-state index in [-0.39, 0.29) is 17.0 Å². The van der Waals surface area contributed by atoms with Crippen LogP contribution in [0, 0.1) is 12.3 Å². The van der Waals surface area contributed by atoms with Crippen LogP contribution in [0.25, 0.3) is 0 Å². The Kier molecular flexibility index (Phi) is 3.71. The Morgan fingerprint density at radius 1 is 1.38 bits per heavy atom. The molecule has 0 N–H and O–H groups in total. The third kappa shape index (κ3) is 1.87. The van der Waals surface area contributed by atoms with E-state index in [0.717, 1.165) is 19.3 Å². The topological polar surface area (TPSA) is 20.3 Å². The molecule has 1 rings (SSSR count). The minimum atomic E-state index is -0.0190. The maximum atomic E-state index is 12.0. The molecule has 1 aliphatic heterocycles. The number of carbonyl (C=O) groups is 1. The summed E-state index contributed by atoms with van der Waals surface area (Å²) in [6.07, 6.45) is 5.44. The lowest BCUT2D eigenvalue weighted by atomic mass is 9.69. The molecule has 3 unspecified atom stereocenters. The van der Waals surface area contributed by atoms with Gasteiger partial charge in [0.1, 0.15) is 0 Å². The summed E-state index contributed by atoms with van der Waals surface area (Å²) in [5.74, 6) is 0.690. The van der Waals surface area contributed by atoms with Crippen LogP contribution in [0.3, 0.4) is 0 Å². The van der Waals surface area contributed by atoms with E-state index in [4.69, 9.17) is 0 Å². The first-order chi connectivity index (χ1) is 7.31. The molecular weight excluding hydrogens is 198 g/mol. The van der Waals surface area contributed by atoms with Crippen molar-refractivity contribution in [3.63, 3.8) is 0 Å². The molecule has 0 saturated carbocycles. The molecular formula is C14H26NO. The van der Waals surface area contributed by atoms with Crippen molar-refractivity contribution in [3.8, 4) is 0 Å². The van der Waals surface area contributed by atoms with Gasteiger partial charge in [0.05, 0.1) is 0 Å². The van der Waals surface area contributed by atoms with Crippen molar-refractivity contribution in [2.45, 2.75) is 71.9 Å². The van der Waals surface area contributed by atoms with E-state index in [9.17, 15) is 4.79 Å². The lowest BCUT2D eigenvalue weighted by Gasteiger charge is -2.58. The van der Waals surface area contributed by atoms with Crippen molar-refractivity contribution in [3.05, 3.63) is 6.42 Å². The summed E-state index contributed by atoms with van der Waals surface area (Å²) in [6, 6.07) is 0. The molecule has 1 fully saturated rings. The summed E-state index contributed by atoms with van der Waals surface area (Å²) < 4.78 is 0. The zero-order valence-corrected chi connectivity index (χ0v) is 11.6. The van der Waals surface area contributed by atoms with Gasteiger partial charge in [0.2, 0.25) is 5.91 Å². The Morgan fingerprint density at radius 3 is 2.31 bits per heavy atom.